The second-order valence-electron chi connectivity index (χ2n) is 6.88. The molecule has 0 aliphatic heterocycles. The van der Waals surface area contributed by atoms with Crippen LogP contribution >= 0.6 is 0 Å². The number of pyridine rings is 1. The molecule has 28 heavy (non-hydrogen) atoms. The van der Waals surface area contributed by atoms with Crippen molar-refractivity contribution in [3.05, 3.63) is 42.7 Å². The van der Waals surface area contributed by atoms with Crippen molar-refractivity contribution in [2.24, 2.45) is 0 Å². The molecule has 0 unspecified atom stereocenters. The zero-order valence-corrected chi connectivity index (χ0v) is 16.4. The number of nitrogens with zero attached hydrogens (tertiary/aromatic N) is 2. The van der Waals surface area contributed by atoms with E-state index in [1.807, 2.05) is 17.0 Å². The second kappa shape index (κ2) is 11.9. The number of esters is 2. The van der Waals surface area contributed by atoms with Crippen LogP contribution in [0.5, 0.6) is 0 Å². The number of carboxylic acid groups (broad SMARTS) is 1. The Kier molecular flexibility index (Phi) is 9.87. The van der Waals surface area contributed by atoms with Gasteiger partial charge in [-0.1, -0.05) is 6.58 Å². The third kappa shape index (κ3) is 10.4. The van der Waals surface area contributed by atoms with E-state index in [-0.39, 0.29) is 25.4 Å². The minimum absolute atomic E-state index is 0.0109. The lowest BCUT2D eigenvalue weighted by Gasteiger charge is -2.24. The third-order valence-electron chi connectivity index (χ3n) is 3.94. The van der Waals surface area contributed by atoms with Gasteiger partial charge >= 0.3 is 17.9 Å². The standard InChI is InChI=1S/C20H28N2O6/c1-4-18(25)28-20(2,3)9-14-27-19(26)8-13-22(12-7-17(23)24)15-16-5-10-21-11-6-16/h4-6,10-11H,1,7-9,12-15H2,2-3H3,(H,23,24). The Hall–Kier alpha value is -2.74. The van der Waals surface area contributed by atoms with Crippen LogP contribution in [0.15, 0.2) is 37.2 Å². The SMILES string of the molecule is C=CC(=O)OC(C)(C)CCOC(=O)CCN(CCC(=O)O)Cc1ccncc1. The molecular formula is C20H28N2O6. The fraction of sp³-hybridized carbons (Fsp3) is 0.500. The van der Waals surface area contributed by atoms with Gasteiger partial charge in [-0.05, 0) is 31.5 Å². The summed E-state index contributed by atoms with van der Waals surface area (Å²) in [6.45, 7) is 8.15. The van der Waals surface area contributed by atoms with Crippen LogP contribution in [0.3, 0.4) is 0 Å². The van der Waals surface area contributed by atoms with E-state index in [4.69, 9.17) is 14.6 Å². The van der Waals surface area contributed by atoms with Crippen LogP contribution in [0, 0.1) is 0 Å². The minimum atomic E-state index is -0.890. The molecule has 0 fully saturated rings. The normalized spacial score (nSPS) is 11.1. The summed E-state index contributed by atoms with van der Waals surface area (Å²) in [6, 6.07) is 3.69. The highest BCUT2D eigenvalue weighted by Gasteiger charge is 2.22. The van der Waals surface area contributed by atoms with Gasteiger partial charge in [-0.25, -0.2) is 4.79 Å². The maximum absolute atomic E-state index is 12.0. The van der Waals surface area contributed by atoms with Crippen LogP contribution < -0.4 is 0 Å². The van der Waals surface area contributed by atoms with Crippen molar-refractivity contribution in [2.75, 3.05) is 19.7 Å². The predicted octanol–water partition coefficient (Wildman–Crippen LogP) is 2.19. The van der Waals surface area contributed by atoms with Crippen molar-refractivity contribution < 1.29 is 29.0 Å². The lowest BCUT2D eigenvalue weighted by atomic mass is 10.1. The second-order valence-corrected chi connectivity index (χ2v) is 6.88. The molecule has 0 saturated heterocycles. The Labute approximate surface area is 165 Å². The molecule has 0 aromatic carbocycles. The van der Waals surface area contributed by atoms with Crippen LogP contribution in [-0.2, 0) is 30.4 Å². The van der Waals surface area contributed by atoms with Gasteiger partial charge in [-0.3, -0.25) is 19.5 Å². The van der Waals surface area contributed by atoms with E-state index in [9.17, 15) is 14.4 Å². The van der Waals surface area contributed by atoms with Crippen molar-refractivity contribution >= 4 is 17.9 Å². The van der Waals surface area contributed by atoms with Gasteiger partial charge < -0.3 is 14.6 Å². The first-order chi connectivity index (χ1) is 13.2. The Morgan fingerprint density at radius 1 is 1.21 bits per heavy atom. The number of hydrogen-bond donors (Lipinski definition) is 1. The molecule has 8 nitrogen and oxygen atoms in total. The molecule has 0 bridgehead atoms. The van der Waals surface area contributed by atoms with Gasteiger partial charge in [0.05, 0.1) is 19.4 Å². The van der Waals surface area contributed by atoms with Crippen LogP contribution in [0.2, 0.25) is 0 Å². The molecule has 1 aromatic rings. The molecule has 8 heteroatoms. The first-order valence-corrected chi connectivity index (χ1v) is 9.06. The van der Waals surface area contributed by atoms with E-state index < -0.39 is 17.5 Å². The molecular weight excluding hydrogens is 364 g/mol. The van der Waals surface area contributed by atoms with E-state index in [1.165, 1.54) is 0 Å². The molecule has 0 aliphatic carbocycles. The summed E-state index contributed by atoms with van der Waals surface area (Å²) in [5, 5.41) is 8.91. The van der Waals surface area contributed by atoms with Gasteiger partial charge in [0.15, 0.2) is 0 Å². The van der Waals surface area contributed by atoms with Crippen LogP contribution in [-0.4, -0.2) is 58.2 Å². The third-order valence-corrected chi connectivity index (χ3v) is 3.94. The zero-order valence-electron chi connectivity index (χ0n) is 16.4. The first kappa shape index (κ1) is 23.3. The monoisotopic (exact) mass is 392 g/mol. The summed E-state index contributed by atoms with van der Waals surface area (Å²) in [5.41, 5.74) is 0.222. The summed E-state index contributed by atoms with van der Waals surface area (Å²) in [6.07, 6.45) is 4.90. The fourth-order valence-corrected chi connectivity index (χ4v) is 2.37. The van der Waals surface area contributed by atoms with E-state index in [0.717, 1.165) is 11.6 Å². The average Bonchev–Trinajstić information content (AvgIpc) is 2.64. The number of aliphatic carboxylic acids is 1. The molecule has 1 aromatic heterocycles. The van der Waals surface area contributed by atoms with Crippen molar-refractivity contribution in [3.63, 3.8) is 0 Å². The number of hydrogen-bond acceptors (Lipinski definition) is 7. The lowest BCUT2D eigenvalue weighted by molar-refractivity contribution is -0.153. The van der Waals surface area contributed by atoms with E-state index >= 15 is 0 Å². The highest BCUT2D eigenvalue weighted by atomic mass is 16.6. The topological polar surface area (TPSA) is 106 Å². The number of aromatic nitrogens is 1. The molecule has 1 N–H and O–H groups in total. The molecule has 0 saturated carbocycles. The fourth-order valence-electron chi connectivity index (χ4n) is 2.37. The zero-order chi connectivity index (χ0) is 21.0. The number of carbonyl (C=O) groups excluding carboxylic acids is 2. The van der Waals surface area contributed by atoms with E-state index in [2.05, 4.69) is 11.6 Å². The number of carbonyl (C=O) groups is 3. The highest BCUT2D eigenvalue weighted by molar-refractivity contribution is 5.81. The molecule has 1 rings (SSSR count). The first-order valence-electron chi connectivity index (χ1n) is 9.06. The summed E-state index contributed by atoms with van der Waals surface area (Å²) in [5.74, 6) is -1.80. The average molecular weight is 392 g/mol. The van der Waals surface area contributed by atoms with E-state index in [1.54, 1.807) is 26.2 Å². The molecule has 0 spiro atoms. The Bertz CT molecular complexity index is 660. The molecule has 1 heterocycles. The number of carboxylic acids is 1. The van der Waals surface area contributed by atoms with Crippen LogP contribution in [0.25, 0.3) is 0 Å². The molecule has 0 atom stereocenters. The van der Waals surface area contributed by atoms with Crippen molar-refractivity contribution in [1.29, 1.82) is 0 Å². The number of rotatable bonds is 13. The summed E-state index contributed by atoms with van der Waals surface area (Å²) in [4.78, 5) is 40.0. The molecule has 0 amide bonds. The van der Waals surface area contributed by atoms with Gasteiger partial charge in [0.2, 0.25) is 0 Å². The highest BCUT2D eigenvalue weighted by Crippen LogP contribution is 2.15. The Morgan fingerprint density at radius 3 is 2.46 bits per heavy atom. The van der Waals surface area contributed by atoms with Crippen molar-refractivity contribution in [3.8, 4) is 0 Å². The maximum Gasteiger partial charge on any atom is 0.330 e. The van der Waals surface area contributed by atoms with Gasteiger partial charge in [-0.2, -0.15) is 0 Å². The Morgan fingerprint density at radius 2 is 1.86 bits per heavy atom. The summed E-state index contributed by atoms with van der Waals surface area (Å²) < 4.78 is 10.4. The summed E-state index contributed by atoms with van der Waals surface area (Å²) >= 11 is 0. The van der Waals surface area contributed by atoms with Gasteiger partial charge in [0.25, 0.3) is 0 Å². The van der Waals surface area contributed by atoms with E-state index in [0.29, 0.717) is 26.1 Å². The van der Waals surface area contributed by atoms with Crippen LogP contribution in [0.4, 0.5) is 0 Å². The van der Waals surface area contributed by atoms with Crippen LogP contribution in [0.1, 0.15) is 38.7 Å². The molecule has 154 valence electrons. The Balaban J connectivity index is 2.43. The molecule has 0 aliphatic rings. The smallest absolute Gasteiger partial charge is 0.330 e. The minimum Gasteiger partial charge on any atom is -0.481 e. The van der Waals surface area contributed by atoms with Gasteiger partial charge in [-0.15, -0.1) is 0 Å². The van der Waals surface area contributed by atoms with Crippen molar-refractivity contribution in [1.82, 2.24) is 9.88 Å². The number of ether oxygens (including phenoxy) is 2. The summed E-state index contributed by atoms with van der Waals surface area (Å²) in [7, 11) is 0. The van der Waals surface area contributed by atoms with Gasteiger partial charge in [0, 0.05) is 44.5 Å². The predicted molar refractivity (Wildman–Crippen MR) is 102 cm³/mol. The van der Waals surface area contributed by atoms with Gasteiger partial charge in [0.1, 0.15) is 5.60 Å². The van der Waals surface area contributed by atoms with Crippen molar-refractivity contribution in [2.45, 2.75) is 45.3 Å². The largest absolute Gasteiger partial charge is 0.481 e. The lowest BCUT2D eigenvalue weighted by Crippen LogP contribution is -2.30. The molecule has 0 radical (unpaired) electrons. The maximum atomic E-state index is 12.0. The quantitative estimate of drug-likeness (QED) is 0.402.